The number of tetrazole rings is 1. The van der Waals surface area contributed by atoms with Crippen LogP contribution in [0.1, 0.15) is 13.8 Å². The molecule has 0 aliphatic rings. The summed E-state index contributed by atoms with van der Waals surface area (Å²) in [6.07, 6.45) is -4.41. The van der Waals surface area contributed by atoms with E-state index in [0.717, 1.165) is 11.8 Å². The van der Waals surface area contributed by atoms with Gasteiger partial charge in [0.05, 0.1) is 5.25 Å². The van der Waals surface area contributed by atoms with Gasteiger partial charge in [-0.3, -0.25) is 4.79 Å². The van der Waals surface area contributed by atoms with Crippen LogP contribution in [0.25, 0.3) is 0 Å². The molecule has 0 radical (unpaired) electrons. The summed E-state index contributed by atoms with van der Waals surface area (Å²) in [5.41, 5.74) is 0. The van der Waals surface area contributed by atoms with E-state index in [9.17, 15) is 18.0 Å². The van der Waals surface area contributed by atoms with Gasteiger partial charge in [-0.25, -0.2) is 4.68 Å². The maximum atomic E-state index is 12.4. The second-order valence-corrected chi connectivity index (χ2v) is 5.86. The van der Waals surface area contributed by atoms with Crippen LogP contribution >= 0.6 is 11.8 Å². The molecule has 0 aromatic carbocycles. The van der Waals surface area contributed by atoms with Gasteiger partial charge >= 0.3 is 6.18 Å². The minimum atomic E-state index is -4.41. The average Bonchev–Trinajstić information content (AvgIpc) is 2.69. The number of hydrogen-bond donors (Lipinski definition) is 0. The first-order valence-corrected chi connectivity index (χ1v) is 6.70. The number of hydrogen-bond acceptors (Lipinski definition) is 5. The van der Waals surface area contributed by atoms with E-state index < -0.39 is 18.0 Å². The van der Waals surface area contributed by atoms with Gasteiger partial charge in [0.25, 0.3) is 0 Å². The fourth-order valence-electron chi connectivity index (χ4n) is 1.39. The lowest BCUT2D eigenvalue weighted by Gasteiger charge is -2.22. The summed E-state index contributed by atoms with van der Waals surface area (Å²) in [5, 5.41) is 9.55. The zero-order valence-electron chi connectivity index (χ0n) is 11.5. The second-order valence-electron chi connectivity index (χ2n) is 4.75. The number of carbonyl (C=O) groups excluding carboxylic acids is 1. The van der Waals surface area contributed by atoms with E-state index in [1.54, 1.807) is 14.1 Å². The Morgan fingerprint density at radius 2 is 2.00 bits per heavy atom. The maximum absolute atomic E-state index is 12.4. The summed E-state index contributed by atoms with van der Waals surface area (Å²) in [4.78, 5) is 13.4. The van der Waals surface area contributed by atoms with Crippen LogP contribution in [0, 0.1) is 5.92 Å². The summed E-state index contributed by atoms with van der Waals surface area (Å²) in [7, 11) is 3.19. The number of halogens is 3. The molecule has 1 aromatic rings. The van der Waals surface area contributed by atoms with Crippen molar-refractivity contribution in [2.75, 3.05) is 14.1 Å². The molecule has 114 valence electrons. The van der Waals surface area contributed by atoms with E-state index in [-0.39, 0.29) is 17.0 Å². The fourth-order valence-corrected chi connectivity index (χ4v) is 2.51. The Morgan fingerprint density at radius 1 is 1.40 bits per heavy atom. The van der Waals surface area contributed by atoms with Gasteiger partial charge in [-0.1, -0.05) is 25.6 Å². The predicted molar refractivity (Wildman–Crippen MR) is 67.0 cm³/mol. The third-order valence-electron chi connectivity index (χ3n) is 2.35. The van der Waals surface area contributed by atoms with Crippen molar-refractivity contribution >= 4 is 17.7 Å². The predicted octanol–water partition coefficient (Wildman–Crippen LogP) is 1.44. The SMILES string of the molecule is CC(C)C(Sc1nnnn1CC(F)(F)F)C(=O)N(C)C. The van der Waals surface area contributed by atoms with Crippen molar-refractivity contribution in [3.05, 3.63) is 0 Å². The van der Waals surface area contributed by atoms with Gasteiger partial charge in [0, 0.05) is 14.1 Å². The smallest absolute Gasteiger partial charge is 0.348 e. The maximum Gasteiger partial charge on any atom is 0.408 e. The molecule has 1 rings (SSSR count). The van der Waals surface area contributed by atoms with Crippen LogP contribution in [-0.2, 0) is 11.3 Å². The molecule has 1 aromatic heterocycles. The van der Waals surface area contributed by atoms with Gasteiger partial charge in [0.15, 0.2) is 0 Å². The van der Waals surface area contributed by atoms with Crippen molar-refractivity contribution in [2.24, 2.45) is 5.92 Å². The lowest BCUT2D eigenvalue weighted by Crippen LogP contribution is -2.35. The van der Waals surface area contributed by atoms with E-state index >= 15 is 0 Å². The lowest BCUT2D eigenvalue weighted by molar-refractivity contribution is -0.144. The molecule has 0 N–H and O–H groups in total. The topological polar surface area (TPSA) is 63.9 Å². The summed E-state index contributed by atoms with van der Waals surface area (Å²) < 4.78 is 37.8. The highest BCUT2D eigenvalue weighted by atomic mass is 32.2. The van der Waals surface area contributed by atoms with Crippen LogP contribution < -0.4 is 0 Å². The van der Waals surface area contributed by atoms with Gasteiger partial charge in [0.2, 0.25) is 11.1 Å². The van der Waals surface area contributed by atoms with Gasteiger partial charge < -0.3 is 4.90 Å². The van der Waals surface area contributed by atoms with Gasteiger partial charge in [-0.2, -0.15) is 13.2 Å². The summed E-state index contributed by atoms with van der Waals surface area (Å²) in [5.74, 6) is -0.252. The number of aromatic nitrogens is 4. The number of nitrogens with zero attached hydrogens (tertiary/aromatic N) is 5. The standard InChI is InChI=1S/C10H16F3N5OS/c1-6(2)7(8(19)17(3)4)20-9-14-15-16-18(9)5-10(11,12)13/h6-7H,5H2,1-4H3. The number of thioether (sulfide) groups is 1. The molecule has 0 spiro atoms. The molecule has 1 heterocycles. The zero-order chi connectivity index (χ0) is 15.5. The molecule has 6 nitrogen and oxygen atoms in total. The molecule has 20 heavy (non-hydrogen) atoms. The van der Waals surface area contributed by atoms with E-state index in [1.165, 1.54) is 4.90 Å². The first kappa shape index (κ1) is 16.7. The van der Waals surface area contributed by atoms with Crippen molar-refractivity contribution in [3.8, 4) is 0 Å². The van der Waals surface area contributed by atoms with Crippen molar-refractivity contribution in [3.63, 3.8) is 0 Å². The van der Waals surface area contributed by atoms with Crippen LogP contribution in [0.15, 0.2) is 5.16 Å². The number of carbonyl (C=O) groups is 1. The van der Waals surface area contributed by atoms with Gasteiger partial charge in [0.1, 0.15) is 6.54 Å². The van der Waals surface area contributed by atoms with Crippen molar-refractivity contribution in [1.29, 1.82) is 0 Å². The summed E-state index contributed by atoms with van der Waals surface area (Å²) in [6, 6.07) is 0. The largest absolute Gasteiger partial charge is 0.408 e. The van der Waals surface area contributed by atoms with Crippen LogP contribution in [0.3, 0.4) is 0 Å². The molecule has 1 unspecified atom stereocenters. The highest BCUT2D eigenvalue weighted by Crippen LogP contribution is 2.28. The molecule has 10 heteroatoms. The van der Waals surface area contributed by atoms with E-state index in [2.05, 4.69) is 15.5 Å². The third-order valence-corrected chi connectivity index (χ3v) is 3.85. The van der Waals surface area contributed by atoms with E-state index in [0.29, 0.717) is 4.68 Å². The number of amides is 1. The normalized spacial score (nSPS) is 13.6. The number of alkyl halides is 3. The quantitative estimate of drug-likeness (QED) is 0.770. The van der Waals surface area contributed by atoms with Gasteiger partial charge in [-0.05, 0) is 16.3 Å². The Labute approximate surface area is 118 Å². The molecule has 0 bridgehead atoms. The Hall–Kier alpha value is -1.32. The van der Waals surface area contributed by atoms with E-state index in [1.807, 2.05) is 13.8 Å². The lowest BCUT2D eigenvalue weighted by atomic mass is 10.1. The highest BCUT2D eigenvalue weighted by Gasteiger charge is 2.32. The number of rotatable bonds is 5. The van der Waals surface area contributed by atoms with Crippen molar-refractivity contribution in [2.45, 2.75) is 37.0 Å². The molecule has 1 amide bonds. The summed E-state index contributed by atoms with van der Waals surface area (Å²) >= 11 is 0.943. The molecule has 0 saturated heterocycles. The Kier molecular flexibility index (Phi) is 5.37. The Balaban J connectivity index is 2.90. The Bertz CT molecular complexity index is 460. The van der Waals surface area contributed by atoms with Crippen LogP contribution in [-0.4, -0.2) is 56.5 Å². The Morgan fingerprint density at radius 3 is 2.45 bits per heavy atom. The van der Waals surface area contributed by atoms with E-state index in [4.69, 9.17) is 0 Å². The van der Waals surface area contributed by atoms with Gasteiger partial charge in [-0.15, -0.1) is 5.10 Å². The minimum Gasteiger partial charge on any atom is -0.348 e. The fraction of sp³-hybridized carbons (Fsp3) is 0.800. The molecule has 0 aliphatic heterocycles. The summed E-state index contributed by atoms with van der Waals surface area (Å²) in [6.45, 7) is 2.36. The van der Waals surface area contributed by atoms with Crippen molar-refractivity contribution < 1.29 is 18.0 Å². The molecule has 0 fully saturated rings. The molecular formula is C10H16F3N5OS. The first-order valence-electron chi connectivity index (χ1n) is 5.82. The molecule has 0 aliphatic carbocycles. The third kappa shape index (κ3) is 4.66. The monoisotopic (exact) mass is 311 g/mol. The molecule has 1 atom stereocenters. The zero-order valence-corrected chi connectivity index (χ0v) is 12.4. The second kappa shape index (κ2) is 6.42. The highest BCUT2D eigenvalue weighted by molar-refractivity contribution is 8.00. The molecule has 0 saturated carbocycles. The first-order chi connectivity index (χ1) is 9.11. The minimum absolute atomic E-state index is 0.0174. The molecular weight excluding hydrogens is 295 g/mol. The van der Waals surface area contributed by atoms with Crippen LogP contribution in [0.4, 0.5) is 13.2 Å². The van der Waals surface area contributed by atoms with Crippen LogP contribution in [0.5, 0.6) is 0 Å². The average molecular weight is 311 g/mol. The van der Waals surface area contributed by atoms with Crippen LogP contribution in [0.2, 0.25) is 0 Å². The van der Waals surface area contributed by atoms with Crippen molar-refractivity contribution in [1.82, 2.24) is 25.1 Å².